The number of rotatable bonds is 7. The highest BCUT2D eigenvalue weighted by molar-refractivity contribution is 7.88. The van der Waals surface area contributed by atoms with Crippen molar-refractivity contribution in [2.45, 2.75) is 32.2 Å². The molecule has 4 rings (SSSR count). The number of para-hydroxylation sites is 1. The number of sulfonamides is 1. The van der Waals surface area contributed by atoms with Gasteiger partial charge >= 0.3 is 0 Å². The molecule has 0 aliphatic rings. The van der Waals surface area contributed by atoms with Gasteiger partial charge in [-0.2, -0.15) is 5.10 Å². The van der Waals surface area contributed by atoms with Crippen LogP contribution in [0.1, 0.15) is 35.3 Å². The number of benzene rings is 2. The van der Waals surface area contributed by atoms with Gasteiger partial charge < -0.3 is 10.3 Å². The minimum Gasteiger partial charge on any atom is -0.348 e. The van der Waals surface area contributed by atoms with Crippen molar-refractivity contribution >= 4 is 32.5 Å². The molecule has 3 N–H and O–H groups in total. The predicted octanol–water partition coefficient (Wildman–Crippen LogP) is 1.93. The first-order valence-electron chi connectivity index (χ1n) is 10.1. The minimum atomic E-state index is -3.40. The van der Waals surface area contributed by atoms with E-state index in [9.17, 15) is 18.0 Å². The largest absolute Gasteiger partial charge is 0.348 e. The molecule has 0 saturated heterocycles. The van der Waals surface area contributed by atoms with E-state index in [4.69, 9.17) is 0 Å². The Hall–Kier alpha value is -3.50. The molecule has 32 heavy (non-hydrogen) atoms. The fraction of sp³-hybridized carbons (Fsp3) is 0.227. The summed E-state index contributed by atoms with van der Waals surface area (Å²) in [6.45, 7) is 3.78. The van der Waals surface area contributed by atoms with E-state index in [1.807, 2.05) is 0 Å². The summed E-state index contributed by atoms with van der Waals surface area (Å²) in [7, 11) is -3.40. The monoisotopic (exact) mass is 453 g/mol. The summed E-state index contributed by atoms with van der Waals surface area (Å²) >= 11 is 0. The summed E-state index contributed by atoms with van der Waals surface area (Å²) in [5.41, 5.74) is 2.37. The summed E-state index contributed by atoms with van der Waals surface area (Å²) in [6.07, 6.45) is 1.42. The molecule has 166 valence electrons. The zero-order chi connectivity index (χ0) is 22.9. The van der Waals surface area contributed by atoms with E-state index in [1.54, 1.807) is 62.4 Å². The van der Waals surface area contributed by atoms with Crippen LogP contribution in [0.2, 0.25) is 0 Å². The third-order valence-corrected chi connectivity index (χ3v) is 6.41. The van der Waals surface area contributed by atoms with E-state index >= 15 is 0 Å². The maximum Gasteiger partial charge on any atom is 0.259 e. The van der Waals surface area contributed by atoms with Crippen LogP contribution >= 0.6 is 0 Å². The summed E-state index contributed by atoms with van der Waals surface area (Å²) in [4.78, 5) is 27.8. The first-order valence-corrected chi connectivity index (χ1v) is 11.7. The van der Waals surface area contributed by atoms with E-state index in [1.165, 1.54) is 10.7 Å². The Bertz CT molecular complexity index is 1450. The lowest BCUT2D eigenvalue weighted by Gasteiger charge is -2.10. The molecule has 2 heterocycles. The second-order valence-corrected chi connectivity index (χ2v) is 9.57. The van der Waals surface area contributed by atoms with Gasteiger partial charge in [-0.1, -0.05) is 36.4 Å². The summed E-state index contributed by atoms with van der Waals surface area (Å²) < 4.78 is 28.2. The Morgan fingerprint density at radius 2 is 1.78 bits per heavy atom. The number of nitrogens with one attached hydrogen (secondary N) is 3. The van der Waals surface area contributed by atoms with Gasteiger partial charge in [-0.25, -0.2) is 17.7 Å². The quantitative estimate of drug-likeness (QED) is 0.394. The van der Waals surface area contributed by atoms with E-state index in [0.717, 1.165) is 5.56 Å². The van der Waals surface area contributed by atoms with Gasteiger partial charge in [0.15, 0.2) is 0 Å². The molecular formula is C22H23N5O4S. The van der Waals surface area contributed by atoms with Gasteiger partial charge in [-0.05, 0) is 37.1 Å². The second kappa shape index (κ2) is 8.56. The van der Waals surface area contributed by atoms with Crippen LogP contribution in [-0.2, 0) is 22.3 Å². The zero-order valence-corrected chi connectivity index (χ0v) is 18.4. The number of carbonyl (C=O) groups excluding carboxylic acids is 1. The van der Waals surface area contributed by atoms with Crippen molar-refractivity contribution in [2.75, 3.05) is 0 Å². The number of hydrogen-bond donors (Lipinski definition) is 3. The third-order valence-electron chi connectivity index (χ3n) is 4.87. The number of aromatic amines is 1. The Labute approximate surface area is 184 Å². The van der Waals surface area contributed by atoms with Crippen molar-refractivity contribution in [2.24, 2.45) is 0 Å². The van der Waals surface area contributed by atoms with Crippen LogP contribution in [0, 0.1) is 0 Å². The van der Waals surface area contributed by atoms with Crippen LogP contribution in [0.15, 0.2) is 59.5 Å². The maximum atomic E-state index is 12.7. The molecule has 2 aromatic carbocycles. The second-order valence-electron chi connectivity index (χ2n) is 7.82. The van der Waals surface area contributed by atoms with Gasteiger partial charge in [0, 0.05) is 12.6 Å². The molecule has 0 radical (unpaired) electrons. The number of H-pyrrole nitrogens is 1. The number of carbonyl (C=O) groups is 1. The van der Waals surface area contributed by atoms with E-state index in [2.05, 4.69) is 20.1 Å². The van der Waals surface area contributed by atoms with Crippen molar-refractivity contribution in [3.63, 3.8) is 0 Å². The predicted molar refractivity (Wildman–Crippen MR) is 122 cm³/mol. The molecule has 0 saturated carbocycles. The van der Waals surface area contributed by atoms with Crippen molar-refractivity contribution < 1.29 is 13.2 Å². The van der Waals surface area contributed by atoms with Crippen molar-refractivity contribution in [1.29, 1.82) is 0 Å². The standard InChI is InChI=1S/C22H23N5O4S/c1-14(2)26-32(30,31)13-16-9-7-15(8-10-16)11-23-21(28)18-12-24-27-19-6-4-3-5-17(19)22(29)25-20(18)27/h3-10,12,14,26H,11,13H2,1-2H3,(H,23,28)(H,25,29). The highest BCUT2D eigenvalue weighted by Gasteiger charge is 2.16. The van der Waals surface area contributed by atoms with Crippen molar-refractivity contribution in [3.8, 4) is 0 Å². The van der Waals surface area contributed by atoms with Crippen LogP contribution in [-0.4, -0.2) is 35.0 Å². The minimum absolute atomic E-state index is 0.110. The van der Waals surface area contributed by atoms with Gasteiger partial charge in [0.05, 0.1) is 22.9 Å². The lowest BCUT2D eigenvalue weighted by Crippen LogP contribution is -2.31. The zero-order valence-electron chi connectivity index (χ0n) is 17.6. The Morgan fingerprint density at radius 1 is 1.09 bits per heavy atom. The average molecular weight is 454 g/mol. The van der Waals surface area contributed by atoms with Gasteiger partial charge in [0.25, 0.3) is 11.5 Å². The Morgan fingerprint density at radius 3 is 2.50 bits per heavy atom. The molecule has 1 amide bonds. The fourth-order valence-corrected chi connectivity index (χ4v) is 4.93. The van der Waals surface area contributed by atoms with E-state index in [0.29, 0.717) is 22.1 Å². The van der Waals surface area contributed by atoms with Crippen LogP contribution < -0.4 is 15.6 Å². The van der Waals surface area contributed by atoms with Crippen LogP contribution in [0.25, 0.3) is 16.6 Å². The number of hydrogen-bond acceptors (Lipinski definition) is 5. The van der Waals surface area contributed by atoms with Crippen molar-refractivity contribution in [3.05, 3.63) is 81.8 Å². The molecule has 0 aliphatic heterocycles. The molecule has 0 fully saturated rings. The van der Waals surface area contributed by atoms with Crippen LogP contribution in [0.4, 0.5) is 0 Å². The third kappa shape index (κ3) is 4.56. The Kier molecular flexibility index (Phi) is 5.81. The topological polar surface area (TPSA) is 125 Å². The summed E-state index contributed by atoms with van der Waals surface area (Å²) in [5.74, 6) is -0.486. The van der Waals surface area contributed by atoms with Gasteiger partial charge in [0.2, 0.25) is 10.0 Å². The normalized spacial score (nSPS) is 12.0. The number of amides is 1. The molecule has 0 bridgehead atoms. The molecule has 2 aromatic heterocycles. The molecular weight excluding hydrogens is 430 g/mol. The fourth-order valence-electron chi connectivity index (χ4n) is 3.49. The summed E-state index contributed by atoms with van der Waals surface area (Å²) in [5, 5.41) is 7.55. The molecule has 0 spiro atoms. The molecule has 4 aromatic rings. The molecule has 0 unspecified atom stereocenters. The lowest BCUT2D eigenvalue weighted by molar-refractivity contribution is 0.0952. The highest BCUT2D eigenvalue weighted by Crippen LogP contribution is 2.14. The molecule has 0 aliphatic carbocycles. The van der Waals surface area contributed by atoms with Crippen LogP contribution in [0.3, 0.4) is 0 Å². The number of fused-ring (bicyclic) bond motifs is 3. The van der Waals surface area contributed by atoms with Gasteiger partial charge in [-0.15, -0.1) is 0 Å². The molecule has 0 atom stereocenters. The smallest absolute Gasteiger partial charge is 0.259 e. The number of aromatic nitrogens is 3. The Balaban J connectivity index is 1.47. The van der Waals surface area contributed by atoms with Gasteiger partial charge in [-0.3, -0.25) is 9.59 Å². The first kappa shape index (κ1) is 21.7. The van der Waals surface area contributed by atoms with E-state index in [-0.39, 0.29) is 35.4 Å². The van der Waals surface area contributed by atoms with Crippen LogP contribution in [0.5, 0.6) is 0 Å². The van der Waals surface area contributed by atoms with Crippen molar-refractivity contribution in [1.82, 2.24) is 24.6 Å². The average Bonchev–Trinajstić information content (AvgIpc) is 3.16. The summed E-state index contributed by atoms with van der Waals surface area (Å²) in [6, 6.07) is 13.9. The molecule has 10 heteroatoms. The first-order chi connectivity index (χ1) is 15.2. The molecule has 9 nitrogen and oxygen atoms in total. The maximum absolute atomic E-state index is 12.7. The van der Waals surface area contributed by atoms with Gasteiger partial charge in [0.1, 0.15) is 11.2 Å². The lowest BCUT2D eigenvalue weighted by atomic mass is 10.1. The SMILES string of the molecule is CC(C)NS(=O)(=O)Cc1ccc(CNC(=O)c2cnn3c2[nH]c(=O)c2ccccc23)cc1. The highest BCUT2D eigenvalue weighted by atomic mass is 32.2. The number of nitrogens with zero attached hydrogens (tertiary/aromatic N) is 2. The van der Waals surface area contributed by atoms with E-state index < -0.39 is 10.0 Å².